The summed E-state index contributed by atoms with van der Waals surface area (Å²) in [6.07, 6.45) is -0.912. The van der Waals surface area contributed by atoms with Crippen molar-refractivity contribution in [3.8, 4) is 0 Å². The van der Waals surface area contributed by atoms with E-state index in [1.165, 1.54) is 18.3 Å². The van der Waals surface area contributed by atoms with Gasteiger partial charge in [0.2, 0.25) is 0 Å². The lowest BCUT2D eigenvalue weighted by Gasteiger charge is -2.13. The van der Waals surface area contributed by atoms with Crippen molar-refractivity contribution in [2.45, 2.75) is 26.9 Å². The number of halogens is 1. The monoisotopic (exact) mass is 338 g/mol. The Morgan fingerprint density at radius 1 is 1.27 bits per heavy atom. The molecule has 2 aromatic rings. The molecule has 0 fully saturated rings. The quantitative estimate of drug-likeness (QED) is 0.865. The van der Waals surface area contributed by atoms with Crippen molar-refractivity contribution in [1.82, 2.24) is 4.98 Å². The van der Waals surface area contributed by atoms with E-state index in [1.54, 1.807) is 31.2 Å². The number of carbonyl (C=O) groups excluding carboxylic acids is 2. The SMILES string of the molecule is Cc1nc(C)c(C(=O)O[C@H](C)C(=O)Nc2ccc(Cl)cc2)s1. The molecule has 0 spiro atoms. The topological polar surface area (TPSA) is 68.3 Å². The maximum atomic E-state index is 12.0. The van der Waals surface area contributed by atoms with Gasteiger partial charge in [-0.1, -0.05) is 11.6 Å². The second-order valence-corrected chi connectivity index (χ2v) is 6.33. The van der Waals surface area contributed by atoms with E-state index < -0.39 is 18.0 Å². The molecule has 1 N–H and O–H groups in total. The molecule has 0 aliphatic carbocycles. The van der Waals surface area contributed by atoms with Crippen molar-refractivity contribution in [2.75, 3.05) is 5.32 Å². The van der Waals surface area contributed by atoms with Crippen LogP contribution in [0, 0.1) is 13.8 Å². The Bertz CT molecular complexity index is 697. The van der Waals surface area contributed by atoms with Crippen LogP contribution < -0.4 is 5.32 Å². The summed E-state index contributed by atoms with van der Waals surface area (Å²) >= 11 is 7.03. The van der Waals surface area contributed by atoms with Crippen LogP contribution in [0.5, 0.6) is 0 Å². The molecule has 0 aliphatic heterocycles. The predicted octanol–water partition coefficient (Wildman–Crippen LogP) is 3.60. The third-order valence-corrected chi connectivity index (χ3v) is 4.16. The number of aryl methyl sites for hydroxylation is 2. The first-order valence-corrected chi connectivity index (χ1v) is 7.77. The Morgan fingerprint density at radius 2 is 1.91 bits per heavy atom. The number of rotatable bonds is 4. The van der Waals surface area contributed by atoms with Crippen LogP contribution in [-0.2, 0) is 9.53 Å². The largest absolute Gasteiger partial charge is 0.448 e. The van der Waals surface area contributed by atoms with Crippen molar-refractivity contribution in [2.24, 2.45) is 0 Å². The van der Waals surface area contributed by atoms with Crippen LogP contribution in [0.4, 0.5) is 5.69 Å². The van der Waals surface area contributed by atoms with E-state index in [0.717, 1.165) is 5.01 Å². The molecule has 0 radical (unpaired) electrons. The van der Waals surface area contributed by atoms with Gasteiger partial charge in [0, 0.05) is 10.7 Å². The minimum atomic E-state index is -0.912. The summed E-state index contributed by atoms with van der Waals surface area (Å²) in [5, 5.41) is 4.02. The van der Waals surface area contributed by atoms with Gasteiger partial charge < -0.3 is 10.1 Å². The molecule has 0 unspecified atom stereocenters. The second kappa shape index (κ2) is 6.89. The lowest BCUT2D eigenvalue weighted by atomic mass is 10.3. The van der Waals surface area contributed by atoms with Crippen LogP contribution in [0.2, 0.25) is 5.02 Å². The number of ether oxygens (including phenoxy) is 1. The number of nitrogens with one attached hydrogen (secondary N) is 1. The van der Waals surface area contributed by atoms with E-state index in [9.17, 15) is 9.59 Å². The molecule has 0 bridgehead atoms. The molecule has 1 aromatic carbocycles. The van der Waals surface area contributed by atoms with Gasteiger partial charge in [-0.25, -0.2) is 9.78 Å². The first kappa shape index (κ1) is 16.5. The van der Waals surface area contributed by atoms with Gasteiger partial charge in [0.05, 0.1) is 10.7 Å². The molecule has 1 amide bonds. The van der Waals surface area contributed by atoms with E-state index in [0.29, 0.717) is 21.3 Å². The highest BCUT2D eigenvalue weighted by molar-refractivity contribution is 7.13. The first-order chi connectivity index (χ1) is 10.4. The number of aromatic nitrogens is 1. The fraction of sp³-hybridized carbons (Fsp3) is 0.267. The first-order valence-electron chi connectivity index (χ1n) is 6.58. The number of esters is 1. The molecule has 1 atom stereocenters. The number of carbonyl (C=O) groups is 2. The summed E-state index contributed by atoms with van der Waals surface area (Å²) in [4.78, 5) is 28.6. The molecule has 0 saturated heterocycles. The predicted molar refractivity (Wildman–Crippen MR) is 86.5 cm³/mol. The summed E-state index contributed by atoms with van der Waals surface area (Å²) in [6, 6.07) is 6.67. The molecule has 0 aliphatic rings. The zero-order valence-corrected chi connectivity index (χ0v) is 13.9. The Balaban J connectivity index is 1.97. The molecule has 2 rings (SSSR count). The highest BCUT2D eigenvalue weighted by Gasteiger charge is 2.22. The van der Waals surface area contributed by atoms with Gasteiger partial charge in [-0.15, -0.1) is 11.3 Å². The molecule has 1 aromatic heterocycles. The molecule has 7 heteroatoms. The van der Waals surface area contributed by atoms with Gasteiger partial charge in [0.15, 0.2) is 6.10 Å². The zero-order chi connectivity index (χ0) is 16.3. The van der Waals surface area contributed by atoms with Crippen LogP contribution in [-0.4, -0.2) is 23.0 Å². The molecule has 1 heterocycles. The van der Waals surface area contributed by atoms with Crippen LogP contribution in [0.25, 0.3) is 0 Å². The highest BCUT2D eigenvalue weighted by atomic mass is 35.5. The van der Waals surface area contributed by atoms with Crippen LogP contribution in [0.1, 0.15) is 27.3 Å². The van der Waals surface area contributed by atoms with Crippen molar-refractivity contribution in [1.29, 1.82) is 0 Å². The van der Waals surface area contributed by atoms with Crippen LogP contribution in [0.15, 0.2) is 24.3 Å². The summed E-state index contributed by atoms with van der Waals surface area (Å²) in [6.45, 7) is 5.07. The van der Waals surface area contributed by atoms with Gasteiger partial charge in [-0.2, -0.15) is 0 Å². The summed E-state index contributed by atoms with van der Waals surface area (Å²) < 4.78 is 5.18. The molecule has 22 heavy (non-hydrogen) atoms. The van der Waals surface area contributed by atoms with E-state index in [2.05, 4.69) is 10.3 Å². The maximum Gasteiger partial charge on any atom is 0.351 e. The zero-order valence-electron chi connectivity index (χ0n) is 12.3. The fourth-order valence-corrected chi connectivity index (χ4v) is 2.69. The van der Waals surface area contributed by atoms with Crippen molar-refractivity contribution >= 4 is 40.5 Å². The van der Waals surface area contributed by atoms with Crippen molar-refractivity contribution < 1.29 is 14.3 Å². The van der Waals surface area contributed by atoms with Crippen molar-refractivity contribution in [3.05, 3.63) is 44.9 Å². The van der Waals surface area contributed by atoms with E-state index >= 15 is 0 Å². The second-order valence-electron chi connectivity index (χ2n) is 4.69. The Hall–Kier alpha value is -1.92. The fourth-order valence-electron chi connectivity index (χ4n) is 1.77. The molecular weight excluding hydrogens is 324 g/mol. The van der Waals surface area contributed by atoms with E-state index in [4.69, 9.17) is 16.3 Å². The highest BCUT2D eigenvalue weighted by Crippen LogP contribution is 2.19. The van der Waals surface area contributed by atoms with Gasteiger partial charge in [0.1, 0.15) is 4.88 Å². The maximum absolute atomic E-state index is 12.0. The number of hydrogen-bond donors (Lipinski definition) is 1. The number of benzene rings is 1. The number of thiazole rings is 1. The number of amides is 1. The third kappa shape index (κ3) is 4.05. The molecule has 5 nitrogen and oxygen atoms in total. The lowest BCUT2D eigenvalue weighted by molar-refractivity contribution is -0.123. The summed E-state index contributed by atoms with van der Waals surface area (Å²) in [5.74, 6) is -0.948. The number of hydrogen-bond acceptors (Lipinski definition) is 5. The van der Waals surface area contributed by atoms with Gasteiger partial charge in [0.25, 0.3) is 5.91 Å². The Kier molecular flexibility index (Phi) is 5.15. The van der Waals surface area contributed by atoms with Crippen LogP contribution in [0.3, 0.4) is 0 Å². The van der Waals surface area contributed by atoms with E-state index in [1.807, 2.05) is 6.92 Å². The van der Waals surface area contributed by atoms with E-state index in [-0.39, 0.29) is 0 Å². The lowest BCUT2D eigenvalue weighted by Crippen LogP contribution is -2.29. The minimum Gasteiger partial charge on any atom is -0.448 e. The average molecular weight is 339 g/mol. The standard InChI is InChI=1S/C15H15ClN2O3S/c1-8-13(22-10(3)17-8)15(20)21-9(2)14(19)18-12-6-4-11(16)5-7-12/h4-7,9H,1-3H3,(H,18,19)/t9-/m1/s1. The number of anilines is 1. The van der Waals surface area contributed by atoms with Crippen molar-refractivity contribution in [3.63, 3.8) is 0 Å². The number of nitrogens with zero attached hydrogens (tertiary/aromatic N) is 1. The summed E-state index contributed by atoms with van der Waals surface area (Å²) in [7, 11) is 0. The minimum absolute atomic E-state index is 0.408. The smallest absolute Gasteiger partial charge is 0.351 e. The van der Waals surface area contributed by atoms with Gasteiger partial charge in [-0.05, 0) is 45.0 Å². The van der Waals surface area contributed by atoms with Gasteiger partial charge in [-0.3, -0.25) is 4.79 Å². The van der Waals surface area contributed by atoms with Crippen LogP contribution >= 0.6 is 22.9 Å². The third-order valence-electron chi connectivity index (χ3n) is 2.85. The van der Waals surface area contributed by atoms with Gasteiger partial charge >= 0.3 is 5.97 Å². The Labute approximate surface area is 137 Å². The molecule has 116 valence electrons. The molecule has 0 saturated carbocycles. The normalized spacial score (nSPS) is 11.8. The molecular formula is C15H15ClN2O3S. The summed E-state index contributed by atoms with van der Waals surface area (Å²) in [5.41, 5.74) is 1.19. The average Bonchev–Trinajstić information content (AvgIpc) is 2.80. The Morgan fingerprint density at radius 3 is 2.45 bits per heavy atom.